The standard InChI is InChI=1S/C15H15BrN2O/c1-2-6-11-7-3-4-9-13(11)18-15(19)14-12(16)8-5-10-17-14/h3-5,7-10H,2,6H2,1H3,(H,18,19). The third-order valence-electron chi connectivity index (χ3n) is 2.76. The van der Waals surface area contributed by atoms with Gasteiger partial charge >= 0.3 is 0 Å². The van der Waals surface area contributed by atoms with Crippen LogP contribution >= 0.6 is 15.9 Å². The first kappa shape index (κ1) is 13.7. The summed E-state index contributed by atoms with van der Waals surface area (Å²) in [5, 5.41) is 2.92. The maximum absolute atomic E-state index is 12.2. The van der Waals surface area contributed by atoms with Gasteiger partial charge in [-0.05, 0) is 46.1 Å². The third kappa shape index (κ3) is 3.41. The van der Waals surface area contributed by atoms with Crippen LogP contribution in [0.5, 0.6) is 0 Å². The normalized spacial score (nSPS) is 10.2. The number of hydrogen-bond acceptors (Lipinski definition) is 2. The number of carbonyl (C=O) groups excluding carboxylic acids is 1. The highest BCUT2D eigenvalue weighted by atomic mass is 79.9. The lowest BCUT2D eigenvalue weighted by molar-refractivity contribution is 0.102. The van der Waals surface area contributed by atoms with Gasteiger partial charge in [0.25, 0.3) is 5.91 Å². The summed E-state index contributed by atoms with van der Waals surface area (Å²) in [6.45, 7) is 2.12. The fraction of sp³-hybridized carbons (Fsp3) is 0.200. The maximum Gasteiger partial charge on any atom is 0.275 e. The number of para-hydroxylation sites is 1. The van der Waals surface area contributed by atoms with Crippen molar-refractivity contribution in [3.8, 4) is 0 Å². The quantitative estimate of drug-likeness (QED) is 0.924. The molecule has 0 radical (unpaired) electrons. The van der Waals surface area contributed by atoms with E-state index in [0.29, 0.717) is 10.2 Å². The van der Waals surface area contributed by atoms with Crippen LogP contribution in [0.1, 0.15) is 29.4 Å². The van der Waals surface area contributed by atoms with Gasteiger partial charge in [-0.15, -0.1) is 0 Å². The number of nitrogens with one attached hydrogen (secondary N) is 1. The number of carbonyl (C=O) groups is 1. The molecule has 98 valence electrons. The largest absolute Gasteiger partial charge is 0.320 e. The van der Waals surface area contributed by atoms with Gasteiger partial charge in [0.1, 0.15) is 5.69 Å². The molecule has 0 spiro atoms. The van der Waals surface area contributed by atoms with E-state index in [1.807, 2.05) is 24.3 Å². The average Bonchev–Trinajstić information content (AvgIpc) is 2.41. The summed E-state index contributed by atoms with van der Waals surface area (Å²) in [5.74, 6) is -0.198. The van der Waals surface area contributed by atoms with E-state index in [2.05, 4.69) is 33.2 Å². The average molecular weight is 319 g/mol. The lowest BCUT2D eigenvalue weighted by Crippen LogP contribution is -2.15. The van der Waals surface area contributed by atoms with Gasteiger partial charge in [0.05, 0.1) is 0 Å². The van der Waals surface area contributed by atoms with Crippen molar-refractivity contribution >= 4 is 27.5 Å². The van der Waals surface area contributed by atoms with E-state index >= 15 is 0 Å². The molecule has 0 aliphatic heterocycles. The number of aryl methyl sites for hydroxylation is 1. The number of hydrogen-bond donors (Lipinski definition) is 1. The van der Waals surface area contributed by atoms with E-state index in [4.69, 9.17) is 0 Å². The minimum Gasteiger partial charge on any atom is -0.320 e. The van der Waals surface area contributed by atoms with Gasteiger partial charge in [-0.3, -0.25) is 4.79 Å². The third-order valence-corrected chi connectivity index (χ3v) is 3.40. The molecular weight excluding hydrogens is 304 g/mol. The highest BCUT2D eigenvalue weighted by Gasteiger charge is 2.12. The number of benzene rings is 1. The van der Waals surface area contributed by atoms with E-state index < -0.39 is 0 Å². The van der Waals surface area contributed by atoms with Crippen molar-refractivity contribution in [2.24, 2.45) is 0 Å². The van der Waals surface area contributed by atoms with E-state index in [-0.39, 0.29) is 5.91 Å². The minimum atomic E-state index is -0.198. The van der Waals surface area contributed by atoms with Gasteiger partial charge in [0.15, 0.2) is 0 Å². The molecule has 1 aromatic carbocycles. The molecule has 4 heteroatoms. The van der Waals surface area contributed by atoms with Crippen LogP contribution in [0, 0.1) is 0 Å². The molecule has 0 bridgehead atoms. The summed E-state index contributed by atoms with van der Waals surface area (Å²) in [6, 6.07) is 11.4. The predicted octanol–water partition coefficient (Wildman–Crippen LogP) is 4.05. The molecule has 0 aliphatic carbocycles. The first-order valence-corrected chi connectivity index (χ1v) is 7.01. The van der Waals surface area contributed by atoms with Crippen LogP contribution in [-0.2, 0) is 6.42 Å². The lowest BCUT2D eigenvalue weighted by atomic mass is 10.1. The van der Waals surface area contributed by atoms with E-state index in [0.717, 1.165) is 24.1 Å². The van der Waals surface area contributed by atoms with Crippen LogP contribution in [-0.4, -0.2) is 10.9 Å². The summed E-state index contributed by atoms with van der Waals surface area (Å²) in [5.41, 5.74) is 2.39. The van der Waals surface area contributed by atoms with Gasteiger partial charge in [0.2, 0.25) is 0 Å². The number of rotatable bonds is 4. The molecule has 2 rings (SSSR count). The topological polar surface area (TPSA) is 42.0 Å². The number of nitrogens with zero attached hydrogens (tertiary/aromatic N) is 1. The van der Waals surface area contributed by atoms with Crippen molar-refractivity contribution in [2.45, 2.75) is 19.8 Å². The van der Waals surface area contributed by atoms with Crippen LogP contribution < -0.4 is 5.32 Å². The second-order valence-electron chi connectivity index (χ2n) is 4.20. The minimum absolute atomic E-state index is 0.198. The fourth-order valence-corrected chi connectivity index (χ4v) is 2.30. The second-order valence-corrected chi connectivity index (χ2v) is 5.05. The molecule has 1 aromatic heterocycles. The fourth-order valence-electron chi connectivity index (χ4n) is 1.86. The number of aromatic nitrogens is 1. The van der Waals surface area contributed by atoms with Gasteiger partial charge in [0, 0.05) is 16.4 Å². The van der Waals surface area contributed by atoms with Gasteiger partial charge in [-0.25, -0.2) is 4.98 Å². The molecule has 0 saturated heterocycles. The zero-order chi connectivity index (χ0) is 13.7. The zero-order valence-corrected chi connectivity index (χ0v) is 12.3. The Morgan fingerprint density at radius 2 is 2.05 bits per heavy atom. The summed E-state index contributed by atoms with van der Waals surface area (Å²) in [6.07, 6.45) is 3.59. The second kappa shape index (κ2) is 6.48. The van der Waals surface area contributed by atoms with Crippen LogP contribution in [0.25, 0.3) is 0 Å². The summed E-state index contributed by atoms with van der Waals surface area (Å²) >= 11 is 3.34. The molecule has 1 N–H and O–H groups in total. The van der Waals surface area contributed by atoms with Gasteiger partial charge in [-0.2, -0.15) is 0 Å². The Kier molecular flexibility index (Phi) is 4.68. The van der Waals surface area contributed by atoms with Crippen LogP contribution in [0.2, 0.25) is 0 Å². The molecule has 1 heterocycles. The monoisotopic (exact) mass is 318 g/mol. The summed E-state index contributed by atoms with van der Waals surface area (Å²) in [4.78, 5) is 16.3. The Bertz CT molecular complexity index is 584. The van der Waals surface area contributed by atoms with E-state index in [1.54, 1.807) is 18.3 Å². The van der Waals surface area contributed by atoms with Gasteiger partial charge in [-0.1, -0.05) is 31.5 Å². The Hall–Kier alpha value is -1.68. The zero-order valence-electron chi connectivity index (χ0n) is 10.7. The Labute approximate surface area is 121 Å². The van der Waals surface area contributed by atoms with Crippen molar-refractivity contribution in [1.82, 2.24) is 4.98 Å². The molecule has 0 fully saturated rings. The van der Waals surface area contributed by atoms with Gasteiger partial charge < -0.3 is 5.32 Å². The summed E-state index contributed by atoms with van der Waals surface area (Å²) in [7, 11) is 0. The predicted molar refractivity (Wildman–Crippen MR) is 80.3 cm³/mol. The molecule has 0 aliphatic rings. The Morgan fingerprint density at radius 1 is 1.26 bits per heavy atom. The maximum atomic E-state index is 12.2. The molecule has 1 amide bonds. The van der Waals surface area contributed by atoms with Crippen LogP contribution in [0.15, 0.2) is 47.1 Å². The van der Waals surface area contributed by atoms with Crippen LogP contribution in [0.3, 0.4) is 0 Å². The SMILES string of the molecule is CCCc1ccccc1NC(=O)c1ncccc1Br. The lowest BCUT2D eigenvalue weighted by Gasteiger charge is -2.10. The highest BCUT2D eigenvalue weighted by molar-refractivity contribution is 9.10. The van der Waals surface area contributed by atoms with Crippen molar-refractivity contribution in [3.63, 3.8) is 0 Å². The van der Waals surface area contributed by atoms with E-state index in [1.165, 1.54) is 0 Å². The number of pyridine rings is 1. The first-order valence-electron chi connectivity index (χ1n) is 6.22. The van der Waals surface area contributed by atoms with Crippen LogP contribution in [0.4, 0.5) is 5.69 Å². The number of anilines is 1. The number of amides is 1. The highest BCUT2D eigenvalue weighted by Crippen LogP contribution is 2.19. The Balaban J connectivity index is 2.22. The van der Waals surface area contributed by atoms with Crippen molar-refractivity contribution in [3.05, 3.63) is 58.3 Å². The summed E-state index contributed by atoms with van der Waals surface area (Å²) < 4.78 is 0.695. The molecular formula is C15H15BrN2O. The van der Waals surface area contributed by atoms with Crippen molar-refractivity contribution in [2.75, 3.05) is 5.32 Å². The number of halogens is 1. The smallest absolute Gasteiger partial charge is 0.275 e. The first-order chi connectivity index (χ1) is 9.22. The molecule has 3 nitrogen and oxygen atoms in total. The molecule has 0 atom stereocenters. The molecule has 0 saturated carbocycles. The Morgan fingerprint density at radius 3 is 2.79 bits per heavy atom. The van der Waals surface area contributed by atoms with E-state index in [9.17, 15) is 4.79 Å². The molecule has 2 aromatic rings. The molecule has 0 unspecified atom stereocenters. The van der Waals surface area contributed by atoms with Crippen molar-refractivity contribution in [1.29, 1.82) is 0 Å². The molecule has 19 heavy (non-hydrogen) atoms. The van der Waals surface area contributed by atoms with Crippen molar-refractivity contribution < 1.29 is 4.79 Å².